The Hall–Kier alpha value is -2.03. The normalized spacial score (nSPS) is 19.2. The maximum atomic E-state index is 12.8. The zero-order valence-electron chi connectivity index (χ0n) is 17.0. The minimum atomic E-state index is -0.0699. The van der Waals surface area contributed by atoms with Gasteiger partial charge in [0.05, 0.1) is 11.5 Å². The molecule has 0 spiro atoms. The van der Waals surface area contributed by atoms with Crippen molar-refractivity contribution in [3.63, 3.8) is 0 Å². The molecule has 1 aliphatic rings. The van der Waals surface area contributed by atoms with Crippen molar-refractivity contribution < 1.29 is 19.1 Å². The molecule has 8 heteroatoms. The van der Waals surface area contributed by atoms with Crippen LogP contribution in [-0.2, 0) is 14.3 Å². The zero-order valence-corrected chi connectivity index (χ0v) is 17.8. The smallest absolute Gasteiger partial charge is 0.261 e. The summed E-state index contributed by atoms with van der Waals surface area (Å²) in [6.07, 6.45) is 5.84. The third-order valence-electron chi connectivity index (χ3n) is 5.42. The monoisotopic (exact) mass is 419 g/mol. The first-order valence-corrected chi connectivity index (χ1v) is 10.9. The fourth-order valence-electron chi connectivity index (χ4n) is 3.97. The van der Waals surface area contributed by atoms with Crippen LogP contribution in [0.1, 0.15) is 46.8 Å². The van der Waals surface area contributed by atoms with Crippen LogP contribution in [0.2, 0.25) is 0 Å². The molecule has 29 heavy (non-hydrogen) atoms. The molecule has 0 saturated heterocycles. The van der Waals surface area contributed by atoms with Gasteiger partial charge in [-0.05, 0) is 49.1 Å². The molecule has 0 aromatic carbocycles. The van der Waals surface area contributed by atoms with Gasteiger partial charge in [0.2, 0.25) is 5.91 Å². The van der Waals surface area contributed by atoms with Crippen LogP contribution in [0.15, 0.2) is 18.3 Å². The van der Waals surface area contributed by atoms with Crippen LogP contribution < -0.4 is 10.6 Å². The number of fused-ring (bicyclic) bond motifs is 1. The summed E-state index contributed by atoms with van der Waals surface area (Å²) in [6.45, 7) is 1.77. The SMILES string of the molecule is COCCNC(=O)c1sc2ncccc2c1C1CCC(CNC(=O)COC)CC1. The summed E-state index contributed by atoms with van der Waals surface area (Å²) in [7, 11) is 3.14. The molecule has 158 valence electrons. The summed E-state index contributed by atoms with van der Waals surface area (Å²) >= 11 is 1.47. The van der Waals surface area contributed by atoms with Gasteiger partial charge in [-0.2, -0.15) is 0 Å². The van der Waals surface area contributed by atoms with Crippen molar-refractivity contribution in [2.45, 2.75) is 31.6 Å². The van der Waals surface area contributed by atoms with E-state index >= 15 is 0 Å². The molecule has 0 radical (unpaired) electrons. The van der Waals surface area contributed by atoms with Gasteiger partial charge in [0.25, 0.3) is 5.91 Å². The zero-order chi connectivity index (χ0) is 20.6. The van der Waals surface area contributed by atoms with Gasteiger partial charge in [-0.15, -0.1) is 11.3 Å². The average Bonchev–Trinajstić information content (AvgIpc) is 3.13. The van der Waals surface area contributed by atoms with Gasteiger partial charge in [-0.3, -0.25) is 9.59 Å². The number of amides is 2. The number of rotatable bonds is 9. The van der Waals surface area contributed by atoms with E-state index in [2.05, 4.69) is 21.7 Å². The molecule has 0 aliphatic heterocycles. The van der Waals surface area contributed by atoms with Crippen molar-refractivity contribution in [1.82, 2.24) is 15.6 Å². The second kappa shape index (κ2) is 10.7. The lowest BCUT2D eigenvalue weighted by atomic mass is 9.78. The summed E-state index contributed by atoms with van der Waals surface area (Å²) < 4.78 is 9.90. The summed E-state index contributed by atoms with van der Waals surface area (Å²) in [4.78, 5) is 30.6. The van der Waals surface area contributed by atoms with E-state index in [1.807, 2.05) is 6.07 Å². The molecule has 0 atom stereocenters. The Balaban J connectivity index is 1.70. The minimum absolute atomic E-state index is 0.0472. The lowest BCUT2D eigenvalue weighted by Gasteiger charge is -2.29. The molecular weight excluding hydrogens is 390 g/mol. The predicted molar refractivity (Wildman–Crippen MR) is 113 cm³/mol. The Morgan fingerprint density at radius 2 is 1.97 bits per heavy atom. The molecule has 3 rings (SSSR count). The Labute approximate surface area is 175 Å². The maximum Gasteiger partial charge on any atom is 0.261 e. The Morgan fingerprint density at radius 3 is 2.69 bits per heavy atom. The van der Waals surface area contributed by atoms with Crippen LogP contribution >= 0.6 is 11.3 Å². The molecule has 0 bridgehead atoms. The highest BCUT2D eigenvalue weighted by atomic mass is 32.1. The lowest BCUT2D eigenvalue weighted by Crippen LogP contribution is -2.33. The number of hydrogen-bond acceptors (Lipinski definition) is 6. The number of aromatic nitrogens is 1. The standard InChI is InChI=1S/C21H29N3O4S/c1-27-11-10-22-20(26)19-18(16-4-3-9-23-21(16)29-19)15-7-5-14(6-8-15)12-24-17(25)13-28-2/h3-4,9,14-15H,5-8,10-13H2,1-2H3,(H,22,26)(H,24,25). The first-order valence-electron chi connectivity index (χ1n) is 10.0. The van der Waals surface area contributed by atoms with Crippen molar-refractivity contribution in [1.29, 1.82) is 0 Å². The fraction of sp³-hybridized carbons (Fsp3) is 0.571. The highest BCUT2D eigenvalue weighted by Gasteiger charge is 2.29. The minimum Gasteiger partial charge on any atom is -0.383 e. The molecule has 2 aromatic heterocycles. The molecule has 2 N–H and O–H groups in total. The van der Waals surface area contributed by atoms with E-state index in [1.54, 1.807) is 13.3 Å². The molecule has 2 amide bonds. The second-order valence-electron chi connectivity index (χ2n) is 7.40. The molecule has 1 fully saturated rings. The number of pyridine rings is 1. The summed E-state index contributed by atoms with van der Waals surface area (Å²) in [6, 6.07) is 4.00. The largest absolute Gasteiger partial charge is 0.383 e. The molecule has 1 aliphatic carbocycles. The van der Waals surface area contributed by atoms with Gasteiger partial charge in [0.15, 0.2) is 0 Å². The van der Waals surface area contributed by atoms with Crippen LogP contribution in [-0.4, -0.2) is 57.3 Å². The molecule has 1 saturated carbocycles. The number of nitrogens with zero attached hydrogens (tertiary/aromatic N) is 1. The van der Waals surface area contributed by atoms with Gasteiger partial charge < -0.3 is 20.1 Å². The van der Waals surface area contributed by atoms with E-state index < -0.39 is 0 Å². The van der Waals surface area contributed by atoms with Gasteiger partial charge >= 0.3 is 0 Å². The molecule has 0 unspecified atom stereocenters. The number of carbonyl (C=O) groups excluding carboxylic acids is 2. The van der Waals surface area contributed by atoms with Gasteiger partial charge in [-0.1, -0.05) is 6.07 Å². The van der Waals surface area contributed by atoms with Crippen LogP contribution in [0, 0.1) is 5.92 Å². The fourth-order valence-corrected chi connectivity index (χ4v) is 5.11. The third-order valence-corrected chi connectivity index (χ3v) is 6.55. The third kappa shape index (κ3) is 5.52. The van der Waals surface area contributed by atoms with Gasteiger partial charge in [0, 0.05) is 38.9 Å². The second-order valence-corrected chi connectivity index (χ2v) is 8.40. The van der Waals surface area contributed by atoms with Crippen LogP contribution in [0.3, 0.4) is 0 Å². The summed E-state index contributed by atoms with van der Waals surface area (Å²) in [5.74, 6) is 0.685. The summed E-state index contributed by atoms with van der Waals surface area (Å²) in [5.41, 5.74) is 1.13. The quantitative estimate of drug-likeness (QED) is 0.610. The first kappa shape index (κ1) is 21.7. The number of ether oxygens (including phenoxy) is 2. The van der Waals surface area contributed by atoms with Crippen molar-refractivity contribution in [3.05, 3.63) is 28.8 Å². The Kier molecular flexibility index (Phi) is 7.97. The molecular formula is C21H29N3O4S. The maximum absolute atomic E-state index is 12.8. The molecule has 7 nitrogen and oxygen atoms in total. The number of hydrogen-bond donors (Lipinski definition) is 2. The van der Waals surface area contributed by atoms with E-state index in [0.29, 0.717) is 31.5 Å². The number of thiophene rings is 1. The van der Waals surface area contributed by atoms with E-state index in [4.69, 9.17) is 9.47 Å². The number of methoxy groups -OCH3 is 2. The van der Waals surface area contributed by atoms with Crippen molar-refractivity contribution in [3.8, 4) is 0 Å². The molecule has 2 aromatic rings. The predicted octanol–water partition coefficient (Wildman–Crippen LogP) is 2.71. The topological polar surface area (TPSA) is 89.5 Å². The Morgan fingerprint density at radius 1 is 1.17 bits per heavy atom. The lowest BCUT2D eigenvalue weighted by molar-refractivity contribution is -0.124. The van der Waals surface area contributed by atoms with Gasteiger partial charge in [-0.25, -0.2) is 4.98 Å². The average molecular weight is 420 g/mol. The van der Waals surface area contributed by atoms with Gasteiger partial charge in [0.1, 0.15) is 11.4 Å². The van der Waals surface area contributed by atoms with Crippen LogP contribution in [0.5, 0.6) is 0 Å². The van der Waals surface area contributed by atoms with Crippen molar-refractivity contribution in [2.75, 3.05) is 40.5 Å². The van der Waals surface area contributed by atoms with E-state index in [1.165, 1.54) is 18.4 Å². The van der Waals surface area contributed by atoms with Crippen LogP contribution in [0.25, 0.3) is 10.2 Å². The van der Waals surface area contributed by atoms with Crippen molar-refractivity contribution >= 4 is 33.4 Å². The van der Waals surface area contributed by atoms with Crippen molar-refractivity contribution in [2.24, 2.45) is 5.92 Å². The van der Waals surface area contributed by atoms with E-state index in [0.717, 1.165) is 46.3 Å². The Bertz CT molecular complexity index is 830. The molecule has 2 heterocycles. The number of nitrogens with one attached hydrogen (secondary N) is 2. The summed E-state index contributed by atoms with van der Waals surface area (Å²) in [5, 5.41) is 6.99. The first-order chi connectivity index (χ1) is 14.1. The highest BCUT2D eigenvalue weighted by molar-refractivity contribution is 7.20. The number of carbonyl (C=O) groups is 2. The highest BCUT2D eigenvalue weighted by Crippen LogP contribution is 2.43. The van der Waals surface area contributed by atoms with E-state index in [-0.39, 0.29) is 18.4 Å². The van der Waals surface area contributed by atoms with Crippen LogP contribution in [0.4, 0.5) is 0 Å². The van der Waals surface area contributed by atoms with E-state index in [9.17, 15) is 9.59 Å².